The summed E-state index contributed by atoms with van der Waals surface area (Å²) in [6.45, 7) is 2.57. The van der Waals surface area contributed by atoms with E-state index in [4.69, 9.17) is 9.52 Å². The molecule has 40 heavy (non-hydrogen) atoms. The van der Waals surface area contributed by atoms with Gasteiger partial charge < -0.3 is 14.7 Å². The highest BCUT2D eigenvalue weighted by atomic mass is 32.2. The number of fused-ring (bicyclic) bond motifs is 1. The van der Waals surface area contributed by atoms with Gasteiger partial charge in [0.25, 0.3) is 5.56 Å². The molecule has 0 spiro atoms. The molecule has 5 aromatic rings. The third-order valence-corrected chi connectivity index (χ3v) is 8.02. The molecule has 0 bridgehead atoms. The first-order chi connectivity index (χ1) is 19.2. The first-order valence-electron chi connectivity index (χ1n) is 12.6. The molecule has 2 N–H and O–H groups in total. The predicted molar refractivity (Wildman–Crippen MR) is 151 cm³/mol. The van der Waals surface area contributed by atoms with E-state index in [0.29, 0.717) is 41.2 Å². The molecule has 0 saturated carbocycles. The molecule has 4 heterocycles. The second kappa shape index (κ2) is 9.76. The van der Waals surface area contributed by atoms with Gasteiger partial charge in [-0.1, -0.05) is 6.07 Å². The highest BCUT2D eigenvalue weighted by molar-refractivity contribution is 7.90. The van der Waals surface area contributed by atoms with Gasteiger partial charge in [-0.25, -0.2) is 13.4 Å². The topological polar surface area (TPSA) is 140 Å². The van der Waals surface area contributed by atoms with Gasteiger partial charge in [0, 0.05) is 41.8 Å². The zero-order chi connectivity index (χ0) is 28.0. The maximum atomic E-state index is 13.9. The number of aromatic amines is 1. The number of rotatable bonds is 5. The van der Waals surface area contributed by atoms with Crippen molar-refractivity contribution in [3.63, 3.8) is 0 Å². The zero-order valence-corrected chi connectivity index (χ0v) is 22.6. The Hall–Kier alpha value is -4.77. The lowest BCUT2D eigenvalue weighted by atomic mass is 9.96. The highest BCUT2D eigenvalue weighted by Gasteiger charge is 2.25. The number of hydrogen-bond donors (Lipinski definition) is 2. The number of H-pyrrole nitrogens is 1. The fourth-order valence-electron chi connectivity index (χ4n) is 5.05. The fourth-order valence-corrected chi connectivity index (χ4v) is 5.89. The lowest BCUT2D eigenvalue weighted by Gasteiger charge is -2.23. The molecule has 3 aromatic heterocycles. The van der Waals surface area contributed by atoms with Crippen molar-refractivity contribution in [2.75, 3.05) is 18.1 Å². The first-order valence-corrected chi connectivity index (χ1v) is 14.5. The summed E-state index contributed by atoms with van der Waals surface area (Å²) in [5.41, 5.74) is 4.96. The van der Waals surface area contributed by atoms with Gasteiger partial charge in [-0.15, -0.1) is 0 Å². The number of benzene rings is 2. The molecule has 0 saturated heterocycles. The summed E-state index contributed by atoms with van der Waals surface area (Å²) in [6.07, 6.45) is 7.09. The SMILES string of the molecule is Cc1cc(-c2cnco2)cc(-c2nn(-c3cc(-c4ccc(=O)[nH]c4)ccc3S(C)(=O)=O)c(=O)c3c2CCCN3)c1. The molecule has 0 aliphatic carbocycles. The van der Waals surface area contributed by atoms with Crippen LogP contribution in [-0.4, -0.2) is 41.0 Å². The number of oxazole rings is 1. The molecule has 2 aromatic carbocycles. The van der Waals surface area contributed by atoms with Gasteiger partial charge in [0.15, 0.2) is 22.0 Å². The van der Waals surface area contributed by atoms with E-state index in [-0.39, 0.29) is 16.1 Å². The van der Waals surface area contributed by atoms with Crippen LogP contribution in [-0.2, 0) is 16.3 Å². The van der Waals surface area contributed by atoms with Crippen molar-refractivity contribution in [2.24, 2.45) is 0 Å². The van der Waals surface area contributed by atoms with E-state index in [1.807, 2.05) is 25.1 Å². The number of nitrogens with zero attached hydrogens (tertiary/aromatic N) is 3. The van der Waals surface area contributed by atoms with Gasteiger partial charge in [-0.2, -0.15) is 9.78 Å². The number of aromatic nitrogens is 4. The molecule has 0 fully saturated rings. The van der Waals surface area contributed by atoms with Crippen LogP contribution in [0, 0.1) is 6.92 Å². The Bertz CT molecular complexity index is 1970. The number of aryl methyl sites for hydroxylation is 1. The number of hydrogen-bond acceptors (Lipinski definition) is 8. The lowest BCUT2D eigenvalue weighted by molar-refractivity contribution is 0.572. The van der Waals surface area contributed by atoms with Crippen molar-refractivity contribution in [1.29, 1.82) is 0 Å². The lowest BCUT2D eigenvalue weighted by Crippen LogP contribution is -2.31. The number of anilines is 1. The van der Waals surface area contributed by atoms with Crippen molar-refractivity contribution in [2.45, 2.75) is 24.7 Å². The molecule has 0 amide bonds. The van der Waals surface area contributed by atoms with E-state index >= 15 is 0 Å². The Labute approximate surface area is 229 Å². The average Bonchev–Trinajstić information content (AvgIpc) is 3.48. The molecule has 0 unspecified atom stereocenters. The van der Waals surface area contributed by atoms with E-state index in [2.05, 4.69) is 15.3 Å². The number of nitrogens with one attached hydrogen (secondary N) is 2. The van der Waals surface area contributed by atoms with Crippen molar-refractivity contribution in [1.82, 2.24) is 19.7 Å². The second-order valence-corrected chi connectivity index (χ2v) is 11.8. The summed E-state index contributed by atoms with van der Waals surface area (Å²) >= 11 is 0. The zero-order valence-electron chi connectivity index (χ0n) is 21.8. The Kier molecular flexibility index (Phi) is 6.22. The Morgan fingerprint density at radius 3 is 2.50 bits per heavy atom. The maximum Gasteiger partial charge on any atom is 0.295 e. The standard InChI is InChI=1S/C29H25N5O5S/c1-17-10-20(24-15-30-16-39-24)12-21(11-17)27-22-4-3-9-31-28(22)29(36)34(33-27)23-13-18(5-7-25(23)40(2,37)38)19-6-8-26(35)32-14-19/h5-8,10-16,31H,3-4,9H2,1-2H3,(H,32,35). The van der Waals surface area contributed by atoms with Crippen LogP contribution < -0.4 is 16.4 Å². The van der Waals surface area contributed by atoms with Gasteiger partial charge in [0.05, 0.1) is 22.5 Å². The third kappa shape index (κ3) is 4.64. The molecule has 1 aliphatic heterocycles. The second-order valence-electron chi connectivity index (χ2n) is 9.80. The minimum atomic E-state index is -3.74. The quantitative estimate of drug-likeness (QED) is 0.332. The van der Waals surface area contributed by atoms with Gasteiger partial charge in [-0.05, 0) is 72.9 Å². The fraction of sp³-hybridized carbons (Fsp3) is 0.172. The van der Waals surface area contributed by atoms with Crippen LogP contribution >= 0.6 is 0 Å². The van der Waals surface area contributed by atoms with Gasteiger partial charge in [-0.3, -0.25) is 9.59 Å². The highest BCUT2D eigenvalue weighted by Crippen LogP contribution is 2.34. The summed E-state index contributed by atoms with van der Waals surface area (Å²) < 4.78 is 32.4. The minimum absolute atomic E-state index is 0.0384. The normalized spacial score (nSPS) is 13.1. The van der Waals surface area contributed by atoms with Gasteiger partial charge in [0.1, 0.15) is 5.69 Å². The Morgan fingerprint density at radius 1 is 0.975 bits per heavy atom. The molecule has 0 radical (unpaired) electrons. The Balaban J connectivity index is 1.63. The van der Waals surface area contributed by atoms with E-state index in [9.17, 15) is 18.0 Å². The van der Waals surface area contributed by atoms with Crippen LogP contribution in [0.2, 0.25) is 0 Å². The van der Waals surface area contributed by atoms with Crippen molar-refractivity contribution < 1.29 is 12.8 Å². The minimum Gasteiger partial charge on any atom is -0.444 e. The molecule has 1 aliphatic rings. The van der Waals surface area contributed by atoms with Crippen LogP contribution in [0.4, 0.5) is 5.69 Å². The summed E-state index contributed by atoms with van der Waals surface area (Å²) in [7, 11) is -3.74. The maximum absolute atomic E-state index is 13.9. The predicted octanol–water partition coefficient (Wildman–Crippen LogP) is 3.98. The summed E-state index contributed by atoms with van der Waals surface area (Å²) in [4.78, 5) is 32.1. The van der Waals surface area contributed by atoms with Crippen LogP contribution in [0.5, 0.6) is 0 Å². The smallest absolute Gasteiger partial charge is 0.295 e. The largest absolute Gasteiger partial charge is 0.444 e. The van der Waals surface area contributed by atoms with Crippen molar-refractivity contribution in [3.05, 3.63) is 99.2 Å². The molecule has 6 rings (SSSR count). The molecular formula is C29H25N5O5S. The number of pyridine rings is 1. The molecule has 10 nitrogen and oxygen atoms in total. The average molecular weight is 556 g/mol. The van der Waals surface area contributed by atoms with Crippen molar-refractivity contribution in [3.8, 4) is 39.4 Å². The molecule has 202 valence electrons. The number of sulfone groups is 1. The first kappa shape index (κ1) is 25.5. The molecular weight excluding hydrogens is 530 g/mol. The molecule has 0 atom stereocenters. The van der Waals surface area contributed by atoms with E-state index in [1.54, 1.807) is 24.4 Å². The Morgan fingerprint density at radius 2 is 1.77 bits per heavy atom. The summed E-state index contributed by atoms with van der Waals surface area (Å²) in [5.74, 6) is 0.596. The van der Waals surface area contributed by atoms with Gasteiger partial charge in [0.2, 0.25) is 5.56 Å². The van der Waals surface area contributed by atoms with Crippen LogP contribution in [0.15, 0.2) is 86.2 Å². The summed E-state index contributed by atoms with van der Waals surface area (Å²) in [5, 5.41) is 8.04. The van der Waals surface area contributed by atoms with Crippen LogP contribution in [0.25, 0.3) is 39.4 Å². The third-order valence-electron chi connectivity index (χ3n) is 6.87. The monoisotopic (exact) mass is 555 g/mol. The van der Waals surface area contributed by atoms with Crippen LogP contribution in [0.3, 0.4) is 0 Å². The van der Waals surface area contributed by atoms with E-state index in [1.165, 1.54) is 24.7 Å². The van der Waals surface area contributed by atoms with E-state index < -0.39 is 15.4 Å². The van der Waals surface area contributed by atoms with E-state index in [0.717, 1.165) is 39.6 Å². The summed E-state index contributed by atoms with van der Waals surface area (Å²) in [6, 6.07) is 13.6. The van der Waals surface area contributed by atoms with Crippen LogP contribution in [0.1, 0.15) is 17.5 Å². The van der Waals surface area contributed by atoms with Crippen molar-refractivity contribution >= 4 is 15.5 Å². The van der Waals surface area contributed by atoms with Gasteiger partial charge >= 0.3 is 0 Å². The molecule has 11 heteroatoms.